The molecule has 0 amide bonds. The van der Waals surface area contributed by atoms with Crippen molar-refractivity contribution in [2.45, 2.75) is 25.8 Å². The van der Waals surface area contributed by atoms with Crippen molar-refractivity contribution in [2.75, 3.05) is 13.1 Å². The number of piperidine rings is 1. The minimum absolute atomic E-state index is 0.261. The molecule has 3 aromatic carbocycles. The minimum Gasteiger partial charge on any atom is -0.422 e. The molecule has 146 valence electrons. The smallest absolute Gasteiger partial charge is 0.336 e. The summed E-state index contributed by atoms with van der Waals surface area (Å²) in [4.78, 5) is 14.7. The van der Waals surface area contributed by atoms with Gasteiger partial charge >= 0.3 is 5.63 Å². The molecule has 0 radical (unpaired) electrons. The van der Waals surface area contributed by atoms with E-state index in [1.165, 1.54) is 24.8 Å². The second kappa shape index (κ2) is 7.84. The summed E-state index contributed by atoms with van der Waals surface area (Å²) in [5.74, 6) is 0.746. The Labute approximate surface area is 170 Å². The van der Waals surface area contributed by atoms with Gasteiger partial charge in [-0.3, -0.25) is 4.90 Å². The van der Waals surface area contributed by atoms with Gasteiger partial charge in [0.15, 0.2) is 0 Å². The molecule has 5 rings (SSSR count). The fourth-order valence-electron chi connectivity index (χ4n) is 4.62. The summed E-state index contributed by atoms with van der Waals surface area (Å²) in [6.07, 6.45) is 3.58. The van der Waals surface area contributed by atoms with Crippen LogP contribution in [0.4, 0.5) is 0 Å². The second-order valence-corrected chi connectivity index (χ2v) is 8.16. The van der Waals surface area contributed by atoms with E-state index in [2.05, 4.69) is 53.4 Å². The van der Waals surface area contributed by atoms with Crippen LogP contribution in [0.3, 0.4) is 0 Å². The summed E-state index contributed by atoms with van der Waals surface area (Å²) < 4.78 is 5.61. The molecule has 1 saturated heterocycles. The lowest BCUT2D eigenvalue weighted by molar-refractivity contribution is 0.177. The maximum atomic E-state index is 12.3. The molecule has 2 heterocycles. The Morgan fingerprint density at radius 3 is 2.45 bits per heavy atom. The highest BCUT2D eigenvalue weighted by Gasteiger charge is 2.20. The molecular weight excluding hydrogens is 358 g/mol. The van der Waals surface area contributed by atoms with Gasteiger partial charge < -0.3 is 4.42 Å². The van der Waals surface area contributed by atoms with Crippen molar-refractivity contribution >= 4 is 21.7 Å². The second-order valence-electron chi connectivity index (χ2n) is 8.16. The molecule has 0 unspecified atom stereocenters. The van der Waals surface area contributed by atoms with E-state index in [0.29, 0.717) is 5.58 Å². The lowest BCUT2D eigenvalue weighted by Crippen LogP contribution is -2.34. The summed E-state index contributed by atoms with van der Waals surface area (Å²) in [5, 5.41) is 3.15. The number of likely N-dealkylation sites (tertiary alicyclic amines) is 1. The first-order chi connectivity index (χ1) is 14.3. The quantitative estimate of drug-likeness (QED) is 0.349. The number of rotatable bonds is 4. The third-order valence-electron chi connectivity index (χ3n) is 6.19. The van der Waals surface area contributed by atoms with Crippen molar-refractivity contribution in [1.29, 1.82) is 0 Å². The molecule has 1 aromatic heterocycles. The van der Waals surface area contributed by atoms with Gasteiger partial charge in [0.05, 0.1) is 0 Å². The van der Waals surface area contributed by atoms with Crippen LogP contribution in [0.5, 0.6) is 0 Å². The lowest BCUT2D eigenvalue weighted by Gasteiger charge is -2.32. The van der Waals surface area contributed by atoms with Crippen molar-refractivity contribution < 1.29 is 4.42 Å². The zero-order valence-electron chi connectivity index (χ0n) is 16.5. The zero-order valence-corrected chi connectivity index (χ0v) is 16.5. The van der Waals surface area contributed by atoms with Gasteiger partial charge in [0.2, 0.25) is 0 Å². The predicted molar refractivity (Wildman–Crippen MR) is 118 cm³/mol. The van der Waals surface area contributed by atoms with Crippen LogP contribution in [0.25, 0.3) is 21.7 Å². The molecule has 1 fully saturated rings. The lowest BCUT2D eigenvalue weighted by atomic mass is 9.90. The largest absolute Gasteiger partial charge is 0.422 e. The molecule has 4 aromatic rings. The number of fused-ring (bicyclic) bond motifs is 3. The Hall–Kier alpha value is -2.91. The molecule has 29 heavy (non-hydrogen) atoms. The number of benzene rings is 3. The van der Waals surface area contributed by atoms with Crippen molar-refractivity contribution in [3.63, 3.8) is 0 Å². The molecule has 1 aliphatic heterocycles. The predicted octanol–water partition coefficient (Wildman–Crippen LogP) is 5.40. The summed E-state index contributed by atoms with van der Waals surface area (Å²) in [6.45, 7) is 2.96. The zero-order chi connectivity index (χ0) is 19.6. The van der Waals surface area contributed by atoms with Gasteiger partial charge in [0.25, 0.3) is 0 Å². The van der Waals surface area contributed by atoms with E-state index in [4.69, 9.17) is 4.42 Å². The monoisotopic (exact) mass is 383 g/mol. The molecule has 3 heteroatoms. The fourth-order valence-corrected chi connectivity index (χ4v) is 4.62. The average molecular weight is 383 g/mol. The molecule has 0 aliphatic carbocycles. The highest BCUT2D eigenvalue weighted by atomic mass is 16.4. The van der Waals surface area contributed by atoms with Gasteiger partial charge in [-0.2, -0.15) is 0 Å². The Kier molecular flexibility index (Phi) is 4.91. The standard InChI is InChI=1S/C26H25NO2/c28-25-17-22(24-11-10-21-8-4-5-9-23(21)26(24)29-25)18-27-14-12-20(13-15-27)16-19-6-2-1-3-7-19/h1-11,17,20H,12-16,18H2. The number of hydrogen-bond donors (Lipinski definition) is 0. The molecule has 1 aliphatic rings. The normalized spacial score (nSPS) is 15.9. The van der Waals surface area contributed by atoms with Crippen LogP contribution in [0.2, 0.25) is 0 Å². The molecule has 0 saturated carbocycles. The first-order valence-corrected chi connectivity index (χ1v) is 10.5. The van der Waals surface area contributed by atoms with Crippen molar-refractivity contribution in [1.82, 2.24) is 4.90 Å². The molecule has 0 atom stereocenters. The van der Waals surface area contributed by atoms with Gasteiger partial charge in [-0.15, -0.1) is 0 Å². The van der Waals surface area contributed by atoms with Crippen LogP contribution in [-0.4, -0.2) is 18.0 Å². The summed E-state index contributed by atoms with van der Waals surface area (Å²) in [5.41, 5.74) is 2.96. The van der Waals surface area contributed by atoms with Crippen molar-refractivity contribution in [2.24, 2.45) is 5.92 Å². The van der Waals surface area contributed by atoms with Gasteiger partial charge in [-0.1, -0.05) is 66.7 Å². The van der Waals surface area contributed by atoms with E-state index >= 15 is 0 Å². The molecular formula is C26H25NO2. The van der Waals surface area contributed by atoms with E-state index in [-0.39, 0.29) is 5.63 Å². The Bertz CT molecular complexity index is 1190. The molecule has 0 bridgehead atoms. The van der Waals surface area contributed by atoms with Crippen LogP contribution < -0.4 is 5.63 Å². The maximum absolute atomic E-state index is 12.3. The van der Waals surface area contributed by atoms with E-state index < -0.39 is 0 Å². The molecule has 3 nitrogen and oxygen atoms in total. The molecule has 0 N–H and O–H groups in total. The van der Waals surface area contributed by atoms with Gasteiger partial charge in [0, 0.05) is 23.4 Å². The third-order valence-corrected chi connectivity index (χ3v) is 6.19. The van der Waals surface area contributed by atoms with E-state index in [1.807, 2.05) is 18.2 Å². The van der Waals surface area contributed by atoms with E-state index in [1.54, 1.807) is 6.07 Å². The van der Waals surface area contributed by atoms with Crippen molar-refractivity contribution in [3.8, 4) is 0 Å². The Morgan fingerprint density at radius 1 is 0.862 bits per heavy atom. The highest BCUT2D eigenvalue weighted by Crippen LogP contribution is 2.28. The SMILES string of the molecule is O=c1cc(CN2CCC(Cc3ccccc3)CC2)c2ccc3ccccc3c2o1. The average Bonchev–Trinajstić information content (AvgIpc) is 2.76. The Balaban J connectivity index is 1.35. The summed E-state index contributed by atoms with van der Waals surface area (Å²) in [6, 6.07) is 24.8. The van der Waals surface area contributed by atoms with Crippen LogP contribution >= 0.6 is 0 Å². The van der Waals surface area contributed by atoms with Crippen molar-refractivity contribution in [3.05, 3.63) is 94.3 Å². The summed E-state index contributed by atoms with van der Waals surface area (Å²) in [7, 11) is 0. The fraction of sp³-hybridized carbons (Fsp3) is 0.269. The Morgan fingerprint density at radius 2 is 1.62 bits per heavy atom. The van der Waals surface area contributed by atoms with Gasteiger partial charge in [0.1, 0.15) is 5.58 Å². The third kappa shape index (κ3) is 3.83. The van der Waals surface area contributed by atoms with Crippen LogP contribution in [0.15, 0.2) is 82.0 Å². The maximum Gasteiger partial charge on any atom is 0.336 e. The van der Waals surface area contributed by atoms with Crippen LogP contribution in [0, 0.1) is 5.92 Å². The topological polar surface area (TPSA) is 33.5 Å². The van der Waals surface area contributed by atoms with Gasteiger partial charge in [-0.25, -0.2) is 4.79 Å². The minimum atomic E-state index is -0.261. The van der Waals surface area contributed by atoms with Gasteiger partial charge in [-0.05, 0) is 54.8 Å². The summed E-state index contributed by atoms with van der Waals surface area (Å²) >= 11 is 0. The van der Waals surface area contributed by atoms with Crippen LogP contribution in [-0.2, 0) is 13.0 Å². The number of nitrogens with zero attached hydrogens (tertiary/aromatic N) is 1. The molecule has 0 spiro atoms. The first kappa shape index (κ1) is 18.1. The van der Waals surface area contributed by atoms with E-state index in [9.17, 15) is 4.79 Å². The first-order valence-electron chi connectivity index (χ1n) is 10.5. The number of hydrogen-bond acceptors (Lipinski definition) is 3. The highest BCUT2D eigenvalue weighted by molar-refractivity contribution is 6.04. The van der Waals surface area contributed by atoms with Crippen LogP contribution in [0.1, 0.15) is 24.0 Å². The van der Waals surface area contributed by atoms with E-state index in [0.717, 1.165) is 47.3 Å².